The van der Waals surface area contributed by atoms with Gasteiger partial charge in [0.25, 0.3) is 5.91 Å². The lowest BCUT2D eigenvalue weighted by Gasteiger charge is -2.11. The van der Waals surface area contributed by atoms with E-state index in [1.165, 1.54) is 14.0 Å². The first-order valence-electron chi connectivity index (χ1n) is 4.37. The van der Waals surface area contributed by atoms with E-state index in [0.717, 1.165) is 4.47 Å². The quantitative estimate of drug-likeness (QED) is 0.883. The molecule has 5 heteroatoms. The number of aliphatic hydroxyl groups is 1. The molecule has 0 radical (unpaired) electrons. The molecule has 15 heavy (non-hydrogen) atoms. The molecule has 1 unspecified atom stereocenters. The van der Waals surface area contributed by atoms with Gasteiger partial charge in [-0.2, -0.15) is 0 Å². The number of anilines is 1. The molecule has 0 bridgehead atoms. The molecule has 0 aromatic heterocycles. The molecule has 0 aliphatic carbocycles. The van der Waals surface area contributed by atoms with Crippen molar-refractivity contribution in [2.45, 2.75) is 13.0 Å². The Hall–Kier alpha value is -1.07. The second kappa shape index (κ2) is 5.14. The molecule has 1 atom stereocenters. The molecular weight excluding hydrogens is 262 g/mol. The van der Waals surface area contributed by atoms with Crippen molar-refractivity contribution in [3.63, 3.8) is 0 Å². The third kappa shape index (κ3) is 3.21. The van der Waals surface area contributed by atoms with E-state index < -0.39 is 12.0 Å². The highest BCUT2D eigenvalue weighted by Crippen LogP contribution is 2.27. The van der Waals surface area contributed by atoms with Crippen LogP contribution in [-0.2, 0) is 4.79 Å². The Kier molecular flexibility index (Phi) is 4.11. The van der Waals surface area contributed by atoms with Gasteiger partial charge in [-0.1, -0.05) is 15.9 Å². The van der Waals surface area contributed by atoms with Crippen LogP contribution in [0, 0.1) is 0 Å². The van der Waals surface area contributed by atoms with E-state index in [0.29, 0.717) is 11.4 Å². The molecule has 4 nitrogen and oxygen atoms in total. The Labute approximate surface area is 96.4 Å². The van der Waals surface area contributed by atoms with Crippen LogP contribution in [0.25, 0.3) is 0 Å². The summed E-state index contributed by atoms with van der Waals surface area (Å²) in [5.74, 6) is 0.0820. The van der Waals surface area contributed by atoms with Crippen LogP contribution in [0.4, 0.5) is 5.69 Å². The van der Waals surface area contributed by atoms with Gasteiger partial charge in [0, 0.05) is 4.47 Å². The Morgan fingerprint density at radius 2 is 2.27 bits per heavy atom. The highest BCUT2D eigenvalue weighted by Gasteiger charge is 2.11. The van der Waals surface area contributed by atoms with Gasteiger partial charge in [0.1, 0.15) is 11.9 Å². The van der Waals surface area contributed by atoms with Crippen molar-refractivity contribution in [2.24, 2.45) is 0 Å². The van der Waals surface area contributed by atoms with Crippen molar-refractivity contribution in [2.75, 3.05) is 12.4 Å². The maximum Gasteiger partial charge on any atom is 0.253 e. The van der Waals surface area contributed by atoms with Crippen LogP contribution in [-0.4, -0.2) is 24.2 Å². The van der Waals surface area contributed by atoms with Crippen LogP contribution in [0.5, 0.6) is 5.75 Å². The van der Waals surface area contributed by atoms with Gasteiger partial charge in [-0.3, -0.25) is 4.79 Å². The van der Waals surface area contributed by atoms with Crippen LogP contribution in [0.1, 0.15) is 6.92 Å². The molecule has 2 N–H and O–H groups in total. The lowest BCUT2D eigenvalue weighted by molar-refractivity contribution is -0.123. The largest absolute Gasteiger partial charge is 0.495 e. The maximum atomic E-state index is 11.3. The van der Waals surface area contributed by atoms with Crippen molar-refractivity contribution < 1.29 is 14.6 Å². The molecule has 0 heterocycles. The molecule has 0 fully saturated rings. The van der Waals surface area contributed by atoms with Crippen LogP contribution in [0.3, 0.4) is 0 Å². The second-order valence-electron chi connectivity index (χ2n) is 3.01. The van der Waals surface area contributed by atoms with E-state index in [2.05, 4.69) is 21.2 Å². The first-order valence-corrected chi connectivity index (χ1v) is 5.16. The summed E-state index contributed by atoms with van der Waals surface area (Å²) >= 11 is 3.28. The molecular formula is C10H12BrNO3. The number of methoxy groups -OCH3 is 1. The maximum absolute atomic E-state index is 11.3. The normalized spacial score (nSPS) is 12.0. The van der Waals surface area contributed by atoms with Gasteiger partial charge in [0.15, 0.2) is 0 Å². The summed E-state index contributed by atoms with van der Waals surface area (Å²) in [6.45, 7) is 1.40. The van der Waals surface area contributed by atoms with Gasteiger partial charge in [0.05, 0.1) is 12.8 Å². The summed E-state index contributed by atoms with van der Waals surface area (Å²) in [4.78, 5) is 11.3. The number of nitrogens with one attached hydrogen (secondary N) is 1. The summed E-state index contributed by atoms with van der Waals surface area (Å²) in [6.07, 6.45) is -1.05. The van der Waals surface area contributed by atoms with E-state index in [4.69, 9.17) is 9.84 Å². The van der Waals surface area contributed by atoms with Crippen LogP contribution in [0.2, 0.25) is 0 Å². The third-order valence-corrected chi connectivity index (χ3v) is 2.29. The van der Waals surface area contributed by atoms with E-state index in [1.807, 2.05) is 0 Å². The van der Waals surface area contributed by atoms with Crippen molar-refractivity contribution in [1.82, 2.24) is 0 Å². The van der Waals surface area contributed by atoms with Crippen molar-refractivity contribution in [1.29, 1.82) is 0 Å². The van der Waals surface area contributed by atoms with Crippen LogP contribution < -0.4 is 10.1 Å². The average Bonchev–Trinajstić information content (AvgIpc) is 2.18. The molecule has 0 saturated carbocycles. The minimum absolute atomic E-state index is 0.466. The number of benzene rings is 1. The molecule has 1 aromatic carbocycles. The van der Waals surface area contributed by atoms with Gasteiger partial charge < -0.3 is 15.2 Å². The number of amides is 1. The van der Waals surface area contributed by atoms with Crippen LogP contribution in [0.15, 0.2) is 22.7 Å². The zero-order chi connectivity index (χ0) is 11.4. The third-order valence-electron chi connectivity index (χ3n) is 1.80. The number of rotatable bonds is 3. The first-order chi connectivity index (χ1) is 7.04. The minimum atomic E-state index is -1.05. The number of aliphatic hydroxyl groups excluding tert-OH is 1. The minimum Gasteiger partial charge on any atom is -0.495 e. The molecule has 0 aliphatic rings. The number of ether oxygens (including phenoxy) is 1. The first kappa shape index (κ1) is 12.0. The average molecular weight is 274 g/mol. The van der Waals surface area contributed by atoms with E-state index in [-0.39, 0.29) is 0 Å². The van der Waals surface area contributed by atoms with Gasteiger partial charge in [-0.05, 0) is 25.1 Å². The SMILES string of the molecule is COc1ccc(Br)cc1NC(=O)C(C)O. The van der Waals surface area contributed by atoms with Gasteiger partial charge >= 0.3 is 0 Å². The predicted octanol–water partition coefficient (Wildman–Crippen LogP) is 1.78. The molecule has 1 aromatic rings. The number of carbonyl (C=O) groups is 1. The van der Waals surface area contributed by atoms with E-state index in [1.54, 1.807) is 18.2 Å². The second-order valence-corrected chi connectivity index (χ2v) is 3.93. The highest BCUT2D eigenvalue weighted by molar-refractivity contribution is 9.10. The number of hydrogen-bond donors (Lipinski definition) is 2. The summed E-state index contributed by atoms with van der Waals surface area (Å²) in [5, 5.41) is 11.6. The highest BCUT2D eigenvalue weighted by atomic mass is 79.9. The number of hydrogen-bond acceptors (Lipinski definition) is 3. The lowest BCUT2D eigenvalue weighted by Crippen LogP contribution is -2.24. The Balaban J connectivity index is 2.92. The van der Waals surface area contributed by atoms with Crippen molar-refractivity contribution in [3.8, 4) is 5.75 Å². The number of carbonyl (C=O) groups excluding carboxylic acids is 1. The topological polar surface area (TPSA) is 58.6 Å². The molecule has 0 aliphatic heterocycles. The fraction of sp³-hybridized carbons (Fsp3) is 0.300. The smallest absolute Gasteiger partial charge is 0.253 e. The molecule has 0 saturated heterocycles. The molecule has 1 amide bonds. The van der Waals surface area contributed by atoms with Crippen LogP contribution >= 0.6 is 15.9 Å². The molecule has 1 rings (SSSR count). The molecule has 0 spiro atoms. The van der Waals surface area contributed by atoms with E-state index >= 15 is 0 Å². The Morgan fingerprint density at radius 3 is 2.80 bits per heavy atom. The number of halogens is 1. The zero-order valence-corrected chi connectivity index (χ0v) is 10.0. The fourth-order valence-electron chi connectivity index (χ4n) is 1.02. The monoisotopic (exact) mass is 273 g/mol. The molecule has 82 valence electrons. The predicted molar refractivity (Wildman–Crippen MR) is 61.0 cm³/mol. The standard InChI is InChI=1S/C10H12BrNO3/c1-6(13)10(14)12-8-5-7(11)3-4-9(8)15-2/h3-6,13H,1-2H3,(H,12,14). The summed E-state index contributed by atoms with van der Waals surface area (Å²) in [7, 11) is 1.52. The van der Waals surface area contributed by atoms with Gasteiger partial charge in [0.2, 0.25) is 0 Å². The van der Waals surface area contributed by atoms with Crippen molar-refractivity contribution >= 4 is 27.5 Å². The Bertz CT molecular complexity index is 366. The summed E-state index contributed by atoms with van der Waals surface area (Å²) in [6, 6.07) is 5.23. The lowest BCUT2D eigenvalue weighted by atomic mass is 10.2. The van der Waals surface area contributed by atoms with Crippen molar-refractivity contribution in [3.05, 3.63) is 22.7 Å². The van der Waals surface area contributed by atoms with E-state index in [9.17, 15) is 4.79 Å². The van der Waals surface area contributed by atoms with Gasteiger partial charge in [-0.25, -0.2) is 0 Å². The Morgan fingerprint density at radius 1 is 1.60 bits per heavy atom. The summed E-state index contributed by atoms with van der Waals surface area (Å²) < 4.78 is 5.89. The fourth-order valence-corrected chi connectivity index (χ4v) is 1.38. The zero-order valence-electron chi connectivity index (χ0n) is 8.45. The summed E-state index contributed by atoms with van der Waals surface area (Å²) in [5.41, 5.74) is 0.526. The van der Waals surface area contributed by atoms with Gasteiger partial charge in [-0.15, -0.1) is 0 Å².